The molecule has 0 spiro atoms. The van der Waals surface area contributed by atoms with E-state index in [0.717, 1.165) is 26.2 Å². The molecule has 0 amide bonds. The van der Waals surface area contributed by atoms with Crippen molar-refractivity contribution >= 4 is 23.0 Å². The van der Waals surface area contributed by atoms with E-state index in [-0.39, 0.29) is 23.1 Å². The van der Waals surface area contributed by atoms with Gasteiger partial charge in [0.05, 0.1) is 4.92 Å². The summed E-state index contributed by atoms with van der Waals surface area (Å²) in [6, 6.07) is 5.49. The van der Waals surface area contributed by atoms with Gasteiger partial charge in [0.25, 0.3) is 0 Å². The van der Waals surface area contributed by atoms with Crippen molar-refractivity contribution in [3.05, 3.63) is 46.5 Å². The summed E-state index contributed by atoms with van der Waals surface area (Å²) in [6.45, 7) is 3.15. The number of hydrazine groups is 1. The predicted molar refractivity (Wildman–Crippen MR) is 91.1 cm³/mol. The fourth-order valence-electron chi connectivity index (χ4n) is 2.46. The number of piperazine rings is 1. The van der Waals surface area contributed by atoms with Crippen LogP contribution in [-0.4, -0.2) is 58.0 Å². The van der Waals surface area contributed by atoms with Crippen molar-refractivity contribution in [3.63, 3.8) is 0 Å². The molecule has 0 aliphatic carbocycles. The number of nitro groups is 1. The number of nitrogens with zero attached hydrogens (tertiary/aromatic N) is 5. The number of anilines is 3. The molecule has 1 aliphatic rings. The number of halogens is 1. The van der Waals surface area contributed by atoms with E-state index < -0.39 is 4.92 Å². The minimum atomic E-state index is -0.537. The number of benzene rings is 1. The van der Waals surface area contributed by atoms with E-state index in [9.17, 15) is 14.5 Å². The Hall–Kier alpha value is -2.85. The van der Waals surface area contributed by atoms with Gasteiger partial charge in [0, 0.05) is 31.9 Å². The van der Waals surface area contributed by atoms with Crippen molar-refractivity contribution in [1.82, 2.24) is 19.9 Å². The molecule has 0 bridgehead atoms. The van der Waals surface area contributed by atoms with Crippen LogP contribution in [0.4, 0.5) is 27.4 Å². The van der Waals surface area contributed by atoms with Crippen LogP contribution < -0.4 is 10.7 Å². The molecule has 2 N–H and O–H groups in total. The third-order valence-corrected chi connectivity index (χ3v) is 3.88. The standard InChI is InChI=1S/C15H18FN7O2/c1-21-6-8-22(9-7-21)20-15-13(23(24)25)14(17-10-18-15)19-12-4-2-11(16)3-5-12/h2-5,10H,6-9H2,1H3,(H2,17,18,19,20). The minimum Gasteiger partial charge on any atom is -0.334 e. The molecule has 2 heterocycles. The highest BCUT2D eigenvalue weighted by Crippen LogP contribution is 2.31. The second kappa shape index (κ2) is 7.36. The quantitative estimate of drug-likeness (QED) is 0.624. The number of hydrogen-bond donors (Lipinski definition) is 2. The fraction of sp³-hybridized carbons (Fsp3) is 0.333. The van der Waals surface area contributed by atoms with Gasteiger partial charge in [-0.1, -0.05) is 0 Å². The van der Waals surface area contributed by atoms with Crippen LogP contribution in [0.25, 0.3) is 0 Å². The van der Waals surface area contributed by atoms with Crippen LogP contribution in [0.3, 0.4) is 0 Å². The summed E-state index contributed by atoms with van der Waals surface area (Å²) in [5.41, 5.74) is 3.24. The highest BCUT2D eigenvalue weighted by molar-refractivity contribution is 5.73. The third-order valence-electron chi connectivity index (χ3n) is 3.88. The first-order chi connectivity index (χ1) is 12.0. The SMILES string of the molecule is CN1CCN(Nc2ncnc(Nc3ccc(F)cc3)c2[N+](=O)[O-])CC1. The van der Waals surface area contributed by atoms with E-state index in [0.29, 0.717) is 5.69 Å². The first-order valence-electron chi connectivity index (χ1n) is 7.75. The molecule has 2 aromatic rings. The van der Waals surface area contributed by atoms with Crippen LogP contribution in [0, 0.1) is 15.9 Å². The molecule has 0 unspecified atom stereocenters. The van der Waals surface area contributed by atoms with E-state index in [1.165, 1.54) is 30.6 Å². The maximum atomic E-state index is 13.0. The number of nitrogens with one attached hydrogen (secondary N) is 2. The monoisotopic (exact) mass is 347 g/mol. The number of likely N-dealkylation sites (N-methyl/N-ethyl adjacent to an activating group) is 1. The molecule has 1 saturated heterocycles. The normalized spacial score (nSPS) is 15.8. The molecule has 0 saturated carbocycles. The Labute approximate surface area is 143 Å². The Balaban J connectivity index is 1.83. The summed E-state index contributed by atoms with van der Waals surface area (Å²) >= 11 is 0. The van der Waals surface area contributed by atoms with Gasteiger partial charge in [0.15, 0.2) is 0 Å². The number of rotatable bonds is 5. The van der Waals surface area contributed by atoms with E-state index >= 15 is 0 Å². The summed E-state index contributed by atoms with van der Waals surface area (Å²) in [5.74, 6) is -0.224. The average molecular weight is 347 g/mol. The van der Waals surface area contributed by atoms with Gasteiger partial charge in [-0.05, 0) is 31.3 Å². The zero-order valence-corrected chi connectivity index (χ0v) is 13.6. The molecule has 1 fully saturated rings. The highest BCUT2D eigenvalue weighted by Gasteiger charge is 2.25. The Morgan fingerprint density at radius 2 is 1.76 bits per heavy atom. The molecule has 3 rings (SSSR count). The molecule has 1 aliphatic heterocycles. The Kier molecular flexibility index (Phi) is 5.00. The van der Waals surface area contributed by atoms with Crippen LogP contribution >= 0.6 is 0 Å². The Morgan fingerprint density at radius 1 is 1.12 bits per heavy atom. The van der Waals surface area contributed by atoms with Gasteiger partial charge >= 0.3 is 5.69 Å². The van der Waals surface area contributed by atoms with Crippen molar-refractivity contribution in [1.29, 1.82) is 0 Å². The lowest BCUT2D eigenvalue weighted by Crippen LogP contribution is -2.47. The summed E-state index contributed by atoms with van der Waals surface area (Å²) in [5, 5.41) is 16.3. The minimum absolute atomic E-state index is 0.0447. The summed E-state index contributed by atoms with van der Waals surface area (Å²) in [7, 11) is 2.02. The van der Waals surface area contributed by atoms with Gasteiger partial charge in [0.2, 0.25) is 11.6 Å². The molecule has 25 heavy (non-hydrogen) atoms. The van der Waals surface area contributed by atoms with Gasteiger partial charge in [0.1, 0.15) is 12.1 Å². The van der Waals surface area contributed by atoms with E-state index in [1.54, 1.807) is 0 Å². The molecule has 9 nitrogen and oxygen atoms in total. The summed E-state index contributed by atoms with van der Waals surface area (Å²) in [6.07, 6.45) is 1.25. The smallest absolute Gasteiger partial charge is 0.334 e. The van der Waals surface area contributed by atoms with Crippen LogP contribution in [-0.2, 0) is 0 Å². The lowest BCUT2D eigenvalue weighted by molar-refractivity contribution is -0.383. The molecule has 0 atom stereocenters. The van der Waals surface area contributed by atoms with Crippen molar-refractivity contribution in [3.8, 4) is 0 Å². The highest BCUT2D eigenvalue weighted by atomic mass is 19.1. The molecule has 1 aromatic carbocycles. The molecular formula is C15H18FN7O2. The molecule has 132 valence electrons. The van der Waals surface area contributed by atoms with Crippen LogP contribution in [0.1, 0.15) is 0 Å². The predicted octanol–water partition coefficient (Wildman–Crippen LogP) is 1.84. The van der Waals surface area contributed by atoms with Gasteiger partial charge in [-0.25, -0.2) is 19.4 Å². The third kappa shape index (κ3) is 4.17. The van der Waals surface area contributed by atoms with Gasteiger partial charge in [-0.2, -0.15) is 0 Å². The largest absolute Gasteiger partial charge is 0.354 e. The lowest BCUT2D eigenvalue weighted by Gasteiger charge is -2.32. The van der Waals surface area contributed by atoms with E-state index in [4.69, 9.17) is 0 Å². The molecular weight excluding hydrogens is 329 g/mol. The molecule has 0 radical (unpaired) electrons. The summed E-state index contributed by atoms with van der Waals surface area (Å²) in [4.78, 5) is 21.1. The number of aromatic nitrogens is 2. The Bertz CT molecular complexity index is 748. The van der Waals surface area contributed by atoms with E-state index in [2.05, 4.69) is 25.6 Å². The van der Waals surface area contributed by atoms with E-state index in [1.807, 2.05) is 12.1 Å². The average Bonchev–Trinajstić information content (AvgIpc) is 2.59. The van der Waals surface area contributed by atoms with Gasteiger partial charge in [-0.15, -0.1) is 0 Å². The molecule has 10 heteroatoms. The first kappa shape index (κ1) is 17.0. The first-order valence-corrected chi connectivity index (χ1v) is 7.75. The van der Waals surface area contributed by atoms with Crippen molar-refractivity contribution in [2.24, 2.45) is 0 Å². The maximum absolute atomic E-state index is 13.0. The second-order valence-corrected chi connectivity index (χ2v) is 5.71. The fourth-order valence-corrected chi connectivity index (χ4v) is 2.46. The molecule has 1 aromatic heterocycles. The van der Waals surface area contributed by atoms with Crippen molar-refractivity contribution < 1.29 is 9.31 Å². The number of hydrogen-bond acceptors (Lipinski definition) is 8. The zero-order valence-electron chi connectivity index (χ0n) is 13.6. The second-order valence-electron chi connectivity index (χ2n) is 5.71. The topological polar surface area (TPSA) is 99.5 Å². The zero-order chi connectivity index (χ0) is 17.8. The van der Waals surface area contributed by atoms with Crippen LogP contribution in [0.5, 0.6) is 0 Å². The Morgan fingerprint density at radius 3 is 2.40 bits per heavy atom. The summed E-state index contributed by atoms with van der Waals surface area (Å²) < 4.78 is 13.0. The lowest BCUT2D eigenvalue weighted by atomic mass is 10.3. The van der Waals surface area contributed by atoms with Gasteiger partial charge < -0.3 is 10.2 Å². The van der Waals surface area contributed by atoms with Crippen LogP contribution in [0.2, 0.25) is 0 Å². The van der Waals surface area contributed by atoms with Crippen LogP contribution in [0.15, 0.2) is 30.6 Å². The van der Waals surface area contributed by atoms with Crippen molar-refractivity contribution in [2.45, 2.75) is 0 Å². The van der Waals surface area contributed by atoms with Crippen molar-refractivity contribution in [2.75, 3.05) is 44.0 Å². The van der Waals surface area contributed by atoms with Gasteiger partial charge in [-0.3, -0.25) is 15.5 Å². The maximum Gasteiger partial charge on any atom is 0.354 e.